The quantitative estimate of drug-likeness (QED) is 0.0158. The van der Waals surface area contributed by atoms with E-state index in [1.54, 1.807) is 18.2 Å². The van der Waals surface area contributed by atoms with Gasteiger partial charge in [0.15, 0.2) is 0 Å². The molecule has 0 aliphatic heterocycles. The monoisotopic (exact) mass is 779 g/mol. The molecule has 0 heterocycles. The number of hydrogen-bond acceptors (Lipinski definition) is 5. The maximum absolute atomic E-state index is 13.4. The van der Waals surface area contributed by atoms with E-state index in [4.69, 9.17) is 5.73 Å². The van der Waals surface area contributed by atoms with Crippen molar-refractivity contribution in [2.24, 2.45) is 0 Å². The first-order valence-corrected chi connectivity index (χ1v) is 21.5. The fourth-order valence-corrected chi connectivity index (χ4v) is 9.13. The molecule has 306 valence electrons. The van der Waals surface area contributed by atoms with E-state index >= 15 is 0 Å². The van der Waals surface area contributed by atoms with E-state index in [9.17, 15) is 39.6 Å². The summed E-state index contributed by atoms with van der Waals surface area (Å²) in [6, 6.07) is 7.75. The molecule has 9 heteroatoms. The van der Waals surface area contributed by atoms with Gasteiger partial charge in [-0.25, -0.2) is 19.2 Å². The Morgan fingerprint density at radius 3 is 1.33 bits per heavy atom. The van der Waals surface area contributed by atoms with Gasteiger partial charge in [0.05, 0.1) is 22.3 Å². The van der Waals surface area contributed by atoms with Crippen molar-refractivity contribution in [2.45, 2.75) is 155 Å². The molecule has 0 radical (unpaired) electrons. The molecule has 5 aromatic rings. The van der Waals surface area contributed by atoms with Crippen LogP contribution in [0.4, 0.5) is 5.69 Å². The molecule has 0 bridgehead atoms. The number of hydrogen-bond donors (Lipinski definition) is 5. The van der Waals surface area contributed by atoms with E-state index in [-0.39, 0.29) is 38.7 Å². The molecular weight excluding hydrogens is 719 g/mol. The van der Waals surface area contributed by atoms with E-state index < -0.39 is 23.9 Å². The van der Waals surface area contributed by atoms with Gasteiger partial charge in [-0.1, -0.05) is 142 Å². The van der Waals surface area contributed by atoms with Crippen molar-refractivity contribution in [1.82, 2.24) is 0 Å². The molecule has 0 atom stereocenters. The lowest BCUT2D eigenvalue weighted by Crippen LogP contribution is -2.14. The molecule has 6 N–H and O–H groups in total. The third-order valence-corrected chi connectivity index (χ3v) is 12.0. The molecule has 9 nitrogen and oxygen atoms in total. The number of aryl methyl sites for hydroxylation is 1. The number of anilines is 1. The molecule has 0 unspecified atom stereocenters. The number of nitrogen functional groups attached to an aromatic ring is 1. The van der Waals surface area contributed by atoms with Gasteiger partial charge < -0.3 is 26.2 Å². The first-order valence-electron chi connectivity index (χ1n) is 21.5. The highest BCUT2D eigenvalue weighted by molar-refractivity contribution is 6.40. The van der Waals surface area contributed by atoms with Gasteiger partial charge in [-0.2, -0.15) is 0 Å². The zero-order chi connectivity index (χ0) is 41.1. The van der Waals surface area contributed by atoms with E-state index in [2.05, 4.69) is 13.8 Å². The number of rotatable bonds is 26. The molecule has 0 saturated heterocycles. The normalized spacial score (nSPS) is 11.8. The average molecular weight is 780 g/mol. The van der Waals surface area contributed by atoms with Crippen molar-refractivity contribution < 1.29 is 39.6 Å². The van der Waals surface area contributed by atoms with Gasteiger partial charge in [0, 0.05) is 27.2 Å². The number of nitrogens with two attached hydrogens (primary N) is 1. The van der Waals surface area contributed by atoms with Crippen LogP contribution in [0.2, 0.25) is 0 Å². The second kappa shape index (κ2) is 20.5. The zero-order valence-corrected chi connectivity index (χ0v) is 33.9. The van der Waals surface area contributed by atoms with E-state index in [0.717, 1.165) is 51.4 Å². The fourth-order valence-electron chi connectivity index (χ4n) is 9.13. The summed E-state index contributed by atoms with van der Waals surface area (Å²) in [7, 11) is 0. The Bertz CT molecular complexity index is 2200. The summed E-state index contributed by atoms with van der Waals surface area (Å²) < 4.78 is 0. The first kappa shape index (κ1) is 43.2. The van der Waals surface area contributed by atoms with Crippen LogP contribution >= 0.6 is 0 Å². The lowest BCUT2D eigenvalue weighted by molar-refractivity contribution is 0.0680. The molecule has 0 aliphatic rings. The largest absolute Gasteiger partial charge is 0.478 e. The van der Waals surface area contributed by atoms with Crippen molar-refractivity contribution in [2.75, 3.05) is 5.73 Å². The van der Waals surface area contributed by atoms with Crippen LogP contribution in [0, 0.1) is 0 Å². The van der Waals surface area contributed by atoms with Crippen molar-refractivity contribution in [3.63, 3.8) is 0 Å². The molecular formula is C48H61NO8. The van der Waals surface area contributed by atoms with Crippen LogP contribution in [0.3, 0.4) is 0 Å². The Morgan fingerprint density at radius 2 is 0.877 bits per heavy atom. The summed E-state index contributed by atoms with van der Waals surface area (Å²) in [5.74, 6) is -5.03. The minimum Gasteiger partial charge on any atom is -0.478 e. The SMILES string of the molecule is CCCCCCCCCCCCc1cc2c3ccc(C(=O)O)c4c(C(=O)O)ccc(c5c(N)c(CCCCCCCCCCCC)c(C(=O)O)c(c1C(=O)O)c25)c43. The smallest absolute Gasteiger partial charge is 0.336 e. The summed E-state index contributed by atoms with van der Waals surface area (Å²) in [4.78, 5) is 51.9. The lowest BCUT2D eigenvalue weighted by atomic mass is 9.79. The van der Waals surface area contributed by atoms with E-state index in [1.807, 2.05) is 0 Å². The predicted molar refractivity (Wildman–Crippen MR) is 231 cm³/mol. The van der Waals surface area contributed by atoms with Crippen LogP contribution in [0.25, 0.3) is 43.1 Å². The Kier molecular flexibility index (Phi) is 15.5. The highest BCUT2D eigenvalue weighted by Crippen LogP contribution is 2.49. The molecule has 0 amide bonds. The Labute approximate surface area is 336 Å². The summed E-state index contributed by atoms with van der Waals surface area (Å²) in [5.41, 5.74) is 7.61. The van der Waals surface area contributed by atoms with Gasteiger partial charge in [0.2, 0.25) is 0 Å². The van der Waals surface area contributed by atoms with Gasteiger partial charge in [-0.15, -0.1) is 0 Å². The molecule has 0 aliphatic carbocycles. The van der Waals surface area contributed by atoms with Crippen LogP contribution in [0.1, 0.15) is 195 Å². The molecule has 0 aromatic heterocycles. The average Bonchev–Trinajstić information content (AvgIpc) is 3.17. The van der Waals surface area contributed by atoms with Crippen LogP contribution in [0.15, 0.2) is 30.3 Å². The Hall–Kier alpha value is -4.92. The van der Waals surface area contributed by atoms with Crippen molar-refractivity contribution in [3.05, 3.63) is 63.7 Å². The van der Waals surface area contributed by atoms with Crippen molar-refractivity contribution >= 4 is 72.7 Å². The van der Waals surface area contributed by atoms with Gasteiger partial charge >= 0.3 is 23.9 Å². The molecule has 0 saturated carbocycles. The second-order valence-corrected chi connectivity index (χ2v) is 16.0. The number of carboxylic acids is 4. The fraction of sp³-hybridized carbons (Fsp3) is 0.500. The van der Waals surface area contributed by atoms with Crippen LogP contribution in [-0.2, 0) is 12.8 Å². The van der Waals surface area contributed by atoms with Gasteiger partial charge in [0.1, 0.15) is 0 Å². The lowest BCUT2D eigenvalue weighted by Gasteiger charge is -2.24. The molecule has 5 aromatic carbocycles. The highest BCUT2D eigenvalue weighted by atomic mass is 16.4. The third-order valence-electron chi connectivity index (χ3n) is 12.0. The summed E-state index contributed by atoms with van der Waals surface area (Å²) in [6.07, 6.45) is 22.7. The van der Waals surface area contributed by atoms with Crippen LogP contribution in [-0.4, -0.2) is 44.3 Å². The summed E-state index contributed by atoms with van der Waals surface area (Å²) >= 11 is 0. The number of fused-ring (bicyclic) bond motifs is 2. The van der Waals surface area contributed by atoms with E-state index in [0.29, 0.717) is 69.1 Å². The topological polar surface area (TPSA) is 175 Å². The molecule has 5 rings (SSSR count). The minimum atomic E-state index is -1.28. The minimum absolute atomic E-state index is 0.0448. The highest BCUT2D eigenvalue weighted by Gasteiger charge is 2.31. The summed E-state index contributed by atoms with van der Waals surface area (Å²) in [6.45, 7) is 4.41. The maximum Gasteiger partial charge on any atom is 0.336 e. The van der Waals surface area contributed by atoms with Gasteiger partial charge in [-0.3, -0.25) is 0 Å². The number of unbranched alkanes of at least 4 members (excludes halogenated alkanes) is 18. The zero-order valence-electron chi connectivity index (χ0n) is 33.9. The molecule has 57 heavy (non-hydrogen) atoms. The van der Waals surface area contributed by atoms with Crippen LogP contribution < -0.4 is 5.73 Å². The second-order valence-electron chi connectivity index (χ2n) is 16.0. The maximum atomic E-state index is 13.4. The third kappa shape index (κ3) is 9.62. The van der Waals surface area contributed by atoms with Crippen molar-refractivity contribution in [1.29, 1.82) is 0 Å². The molecule has 0 fully saturated rings. The molecule has 0 spiro atoms. The summed E-state index contributed by atoms with van der Waals surface area (Å²) in [5, 5.41) is 45.3. The van der Waals surface area contributed by atoms with Crippen molar-refractivity contribution in [3.8, 4) is 0 Å². The van der Waals surface area contributed by atoms with E-state index in [1.165, 1.54) is 76.3 Å². The predicted octanol–water partition coefficient (Wildman–Crippen LogP) is 13.0. The number of aromatic carboxylic acids is 4. The standard InChI is InChI=1S/C48H61NO8/c1-3-5-7-9-11-13-15-17-19-21-23-30-29-36-31-25-27-34(45(50)51)39-35(46(52)53)28-26-32(38(31)39)41-40(36)43(37(30)47(54)55)42(48(56)57)33(44(41)49)24-22-20-18-16-14-12-10-8-6-4-2/h25-29H,3-24,49H2,1-2H3,(H,50,51)(H,52,53)(H,54,55)(H,56,57). The Balaban J connectivity index is 1.65. The number of carbonyl (C=O) groups is 4. The number of benzene rings is 5. The van der Waals surface area contributed by atoms with Crippen LogP contribution in [0.5, 0.6) is 0 Å². The Morgan fingerprint density at radius 1 is 0.439 bits per heavy atom. The van der Waals surface area contributed by atoms with Gasteiger partial charge in [-0.05, 0) is 76.6 Å². The van der Waals surface area contributed by atoms with Gasteiger partial charge in [0.25, 0.3) is 0 Å². The first-order chi connectivity index (χ1) is 27.5. The number of carboxylic acid groups (broad SMARTS) is 4.